The topological polar surface area (TPSA) is 39.2 Å². The van der Waals surface area contributed by atoms with Gasteiger partial charge in [0.15, 0.2) is 0 Å². The Labute approximate surface area is 108 Å². The van der Waals surface area contributed by atoms with Gasteiger partial charge in [-0.15, -0.1) is 11.3 Å². The number of carbonyl (C=O) groups is 1. The normalized spacial score (nSPS) is 11.8. The number of carbonyl (C=O) groups excluding carboxylic acids is 1. The van der Waals surface area contributed by atoms with Crippen LogP contribution in [-0.2, 0) is 4.74 Å². The van der Waals surface area contributed by atoms with Crippen LogP contribution in [0.5, 0.6) is 0 Å². The molecule has 0 aliphatic carbocycles. The summed E-state index contributed by atoms with van der Waals surface area (Å²) in [7, 11) is 0. The van der Waals surface area contributed by atoms with Crippen LogP contribution in [0.4, 0.5) is 0 Å². The third-order valence-electron chi connectivity index (χ3n) is 2.03. The number of thiophene rings is 1. The second-order valence-corrected chi connectivity index (χ2v) is 5.91. The quantitative estimate of drug-likeness (QED) is 0.737. The van der Waals surface area contributed by atoms with Crippen molar-refractivity contribution in [1.29, 1.82) is 0 Å². The molecule has 0 aliphatic rings. The minimum absolute atomic E-state index is 0.362. The molecular weight excluding hydrogens is 258 g/mol. The summed E-state index contributed by atoms with van der Waals surface area (Å²) in [5, 5.41) is 2.34. The Morgan fingerprint density at radius 2 is 2.18 bits per heavy atom. The van der Waals surface area contributed by atoms with Crippen molar-refractivity contribution in [2.75, 3.05) is 0 Å². The van der Waals surface area contributed by atoms with Crippen LogP contribution >= 0.6 is 22.9 Å². The molecule has 0 spiro atoms. The number of ether oxygens (including phenoxy) is 1. The molecular formula is C12H12ClNO2S. The zero-order valence-electron chi connectivity index (χ0n) is 9.78. The maximum absolute atomic E-state index is 11.9. The maximum Gasteiger partial charge on any atom is 0.341 e. The Bertz CT molecular complexity index is 571. The Balaban J connectivity index is 2.43. The zero-order chi connectivity index (χ0) is 12.6. The van der Waals surface area contributed by atoms with Crippen molar-refractivity contribution in [2.24, 2.45) is 0 Å². The molecule has 0 aromatic carbocycles. The molecule has 2 heterocycles. The monoisotopic (exact) mass is 269 g/mol. The molecule has 0 unspecified atom stereocenters. The van der Waals surface area contributed by atoms with Crippen molar-refractivity contribution in [3.05, 3.63) is 28.2 Å². The van der Waals surface area contributed by atoms with Crippen molar-refractivity contribution in [3.8, 4) is 0 Å². The van der Waals surface area contributed by atoms with Crippen molar-refractivity contribution in [3.63, 3.8) is 0 Å². The first-order valence-corrected chi connectivity index (χ1v) is 6.39. The van der Waals surface area contributed by atoms with E-state index in [2.05, 4.69) is 4.98 Å². The van der Waals surface area contributed by atoms with Crippen molar-refractivity contribution < 1.29 is 9.53 Å². The van der Waals surface area contributed by atoms with Crippen molar-refractivity contribution >= 4 is 39.1 Å². The highest BCUT2D eigenvalue weighted by Gasteiger charge is 2.21. The van der Waals surface area contributed by atoms with Crippen LogP contribution in [0.3, 0.4) is 0 Å². The first-order chi connectivity index (χ1) is 7.88. The molecule has 2 aromatic rings. The molecule has 0 saturated carbocycles. The average Bonchev–Trinajstić information content (AvgIpc) is 2.60. The van der Waals surface area contributed by atoms with Gasteiger partial charge in [0.05, 0.1) is 20.8 Å². The largest absolute Gasteiger partial charge is 0.456 e. The lowest BCUT2D eigenvalue weighted by atomic mass is 10.2. The standard InChI is InChI=1S/C12H12ClNO2S/c1-12(2,3)16-11(15)7-6-17-10-8(13)4-5-14-9(7)10/h4-6H,1-3H3. The molecule has 0 aliphatic heterocycles. The fraction of sp³-hybridized carbons (Fsp3) is 0.333. The lowest BCUT2D eigenvalue weighted by Gasteiger charge is -2.18. The molecule has 0 radical (unpaired) electrons. The fourth-order valence-electron chi connectivity index (χ4n) is 1.38. The number of halogens is 1. The van der Waals surface area contributed by atoms with Gasteiger partial charge in [-0.2, -0.15) is 0 Å². The summed E-state index contributed by atoms with van der Waals surface area (Å²) < 4.78 is 6.13. The molecule has 17 heavy (non-hydrogen) atoms. The predicted octanol–water partition coefficient (Wildman–Crippen LogP) is 3.91. The molecule has 0 bridgehead atoms. The molecule has 0 amide bonds. The molecule has 2 rings (SSSR count). The van der Waals surface area contributed by atoms with Gasteiger partial charge >= 0.3 is 5.97 Å². The highest BCUT2D eigenvalue weighted by molar-refractivity contribution is 7.18. The van der Waals surface area contributed by atoms with E-state index in [4.69, 9.17) is 16.3 Å². The van der Waals surface area contributed by atoms with E-state index in [1.807, 2.05) is 20.8 Å². The van der Waals surface area contributed by atoms with E-state index in [0.717, 1.165) is 4.70 Å². The lowest BCUT2D eigenvalue weighted by Crippen LogP contribution is -2.23. The maximum atomic E-state index is 11.9. The minimum atomic E-state index is -0.510. The van der Waals surface area contributed by atoms with Crippen LogP contribution < -0.4 is 0 Å². The Morgan fingerprint density at radius 3 is 2.82 bits per heavy atom. The average molecular weight is 270 g/mol. The van der Waals surface area contributed by atoms with Gasteiger partial charge < -0.3 is 4.74 Å². The number of rotatable bonds is 1. The van der Waals surface area contributed by atoms with Gasteiger partial charge in [0, 0.05) is 11.6 Å². The summed E-state index contributed by atoms with van der Waals surface area (Å²) in [4.78, 5) is 16.1. The lowest BCUT2D eigenvalue weighted by molar-refractivity contribution is 0.00722. The van der Waals surface area contributed by atoms with Gasteiger partial charge in [0.1, 0.15) is 5.60 Å². The number of nitrogens with zero attached hydrogens (tertiary/aromatic N) is 1. The van der Waals surface area contributed by atoms with E-state index in [1.165, 1.54) is 11.3 Å². The van der Waals surface area contributed by atoms with Crippen LogP contribution in [0.25, 0.3) is 10.2 Å². The van der Waals surface area contributed by atoms with E-state index in [-0.39, 0.29) is 5.97 Å². The molecule has 0 fully saturated rings. The molecule has 2 aromatic heterocycles. The van der Waals surface area contributed by atoms with Crippen LogP contribution in [0, 0.1) is 0 Å². The van der Waals surface area contributed by atoms with Gasteiger partial charge in [-0.3, -0.25) is 4.98 Å². The Kier molecular flexibility index (Phi) is 3.10. The number of fused-ring (bicyclic) bond motifs is 1. The summed E-state index contributed by atoms with van der Waals surface area (Å²) in [6.07, 6.45) is 1.59. The number of hydrogen-bond acceptors (Lipinski definition) is 4. The van der Waals surface area contributed by atoms with E-state index in [1.54, 1.807) is 17.6 Å². The van der Waals surface area contributed by atoms with Gasteiger partial charge in [-0.1, -0.05) is 11.6 Å². The van der Waals surface area contributed by atoms with E-state index < -0.39 is 5.60 Å². The first kappa shape index (κ1) is 12.3. The number of aromatic nitrogens is 1. The summed E-state index contributed by atoms with van der Waals surface area (Å²) >= 11 is 7.43. The number of esters is 1. The van der Waals surface area contributed by atoms with E-state index in [0.29, 0.717) is 16.1 Å². The SMILES string of the molecule is CC(C)(C)OC(=O)c1csc2c(Cl)ccnc12. The third kappa shape index (κ3) is 2.58. The summed E-state index contributed by atoms with van der Waals surface area (Å²) in [5.41, 5.74) is 0.573. The second-order valence-electron chi connectivity index (χ2n) is 4.62. The van der Waals surface area contributed by atoms with Gasteiger partial charge in [-0.05, 0) is 26.8 Å². The predicted molar refractivity (Wildman–Crippen MR) is 69.8 cm³/mol. The number of hydrogen-bond donors (Lipinski definition) is 0. The molecule has 0 atom stereocenters. The highest BCUT2D eigenvalue weighted by Crippen LogP contribution is 2.31. The van der Waals surface area contributed by atoms with Crippen molar-refractivity contribution in [1.82, 2.24) is 4.98 Å². The summed E-state index contributed by atoms with van der Waals surface area (Å²) in [5.74, 6) is -0.362. The van der Waals surface area contributed by atoms with E-state index in [9.17, 15) is 4.79 Å². The first-order valence-electron chi connectivity index (χ1n) is 5.13. The molecule has 0 saturated heterocycles. The molecule has 0 N–H and O–H groups in total. The molecule has 90 valence electrons. The highest BCUT2D eigenvalue weighted by atomic mass is 35.5. The third-order valence-corrected chi connectivity index (χ3v) is 3.45. The zero-order valence-corrected chi connectivity index (χ0v) is 11.4. The molecule has 3 nitrogen and oxygen atoms in total. The Morgan fingerprint density at radius 1 is 1.47 bits per heavy atom. The second kappa shape index (κ2) is 4.27. The van der Waals surface area contributed by atoms with Crippen LogP contribution in [0.15, 0.2) is 17.6 Å². The molecule has 5 heteroatoms. The van der Waals surface area contributed by atoms with Gasteiger partial charge in [0.2, 0.25) is 0 Å². The minimum Gasteiger partial charge on any atom is -0.456 e. The van der Waals surface area contributed by atoms with Gasteiger partial charge in [-0.25, -0.2) is 4.79 Å². The smallest absolute Gasteiger partial charge is 0.341 e. The van der Waals surface area contributed by atoms with E-state index >= 15 is 0 Å². The van der Waals surface area contributed by atoms with Crippen molar-refractivity contribution in [2.45, 2.75) is 26.4 Å². The summed E-state index contributed by atoms with van der Waals surface area (Å²) in [6.45, 7) is 5.50. The van der Waals surface area contributed by atoms with Gasteiger partial charge in [0.25, 0.3) is 0 Å². The van der Waals surface area contributed by atoms with Crippen LogP contribution in [0.1, 0.15) is 31.1 Å². The number of pyridine rings is 1. The Hall–Kier alpha value is -1.13. The van der Waals surface area contributed by atoms with Crippen LogP contribution in [-0.4, -0.2) is 16.6 Å². The van der Waals surface area contributed by atoms with Crippen LogP contribution in [0.2, 0.25) is 5.02 Å². The fourth-order valence-corrected chi connectivity index (χ4v) is 2.56. The summed E-state index contributed by atoms with van der Waals surface area (Å²) in [6, 6.07) is 1.71.